The van der Waals surface area contributed by atoms with Gasteiger partial charge in [-0.15, -0.1) is 0 Å². The highest BCUT2D eigenvalue weighted by Gasteiger charge is 2.32. The Balaban J connectivity index is 0. The minimum absolute atomic E-state index is 0.470. The zero-order chi connectivity index (χ0) is 12.5. The topological polar surface area (TPSA) is 25.8 Å². The second-order valence-electron chi connectivity index (χ2n) is 2.04. The SMILES string of the molecule is CC.CC.Cc1cnc(C(F)(F)F)cn1. The van der Waals surface area contributed by atoms with E-state index in [0.29, 0.717) is 5.69 Å². The number of hydrogen-bond donors (Lipinski definition) is 0. The van der Waals surface area contributed by atoms with Crippen LogP contribution in [0.3, 0.4) is 0 Å². The third kappa shape index (κ3) is 6.88. The summed E-state index contributed by atoms with van der Waals surface area (Å²) in [7, 11) is 0. The van der Waals surface area contributed by atoms with Crippen molar-refractivity contribution in [2.75, 3.05) is 0 Å². The molecule has 0 aromatic carbocycles. The van der Waals surface area contributed by atoms with E-state index in [2.05, 4.69) is 9.97 Å². The summed E-state index contributed by atoms with van der Waals surface area (Å²) in [5.74, 6) is 0. The van der Waals surface area contributed by atoms with Crippen LogP contribution in [-0.2, 0) is 6.18 Å². The van der Waals surface area contributed by atoms with Crippen LogP contribution >= 0.6 is 0 Å². The van der Waals surface area contributed by atoms with Crippen LogP contribution in [-0.4, -0.2) is 9.97 Å². The number of alkyl halides is 3. The molecule has 0 radical (unpaired) electrons. The summed E-state index contributed by atoms with van der Waals surface area (Å²) in [6.07, 6.45) is -2.58. The Bertz CT molecular complexity index is 242. The highest BCUT2D eigenvalue weighted by molar-refractivity contribution is 5.03. The zero-order valence-electron chi connectivity index (χ0n) is 9.68. The monoisotopic (exact) mass is 222 g/mol. The molecule has 1 aromatic heterocycles. The Morgan fingerprint density at radius 3 is 1.67 bits per heavy atom. The summed E-state index contributed by atoms with van der Waals surface area (Å²) in [5.41, 5.74) is -0.485. The summed E-state index contributed by atoms with van der Waals surface area (Å²) in [6, 6.07) is 0. The lowest BCUT2D eigenvalue weighted by molar-refractivity contribution is -0.141. The molecular weight excluding hydrogens is 205 g/mol. The number of rotatable bonds is 0. The van der Waals surface area contributed by atoms with E-state index in [-0.39, 0.29) is 0 Å². The third-order valence-corrected chi connectivity index (χ3v) is 1.07. The van der Waals surface area contributed by atoms with Crippen molar-refractivity contribution < 1.29 is 13.2 Å². The van der Waals surface area contributed by atoms with E-state index in [1.807, 2.05) is 27.7 Å². The van der Waals surface area contributed by atoms with Gasteiger partial charge in [0.25, 0.3) is 0 Å². The van der Waals surface area contributed by atoms with E-state index in [1.165, 1.54) is 0 Å². The first kappa shape index (κ1) is 16.3. The Hall–Kier alpha value is -1.13. The van der Waals surface area contributed by atoms with Gasteiger partial charge < -0.3 is 0 Å². The summed E-state index contributed by atoms with van der Waals surface area (Å²) in [6.45, 7) is 9.58. The number of nitrogens with zero attached hydrogens (tertiary/aromatic N) is 2. The molecule has 0 aliphatic rings. The van der Waals surface area contributed by atoms with Crippen molar-refractivity contribution in [1.29, 1.82) is 0 Å². The second kappa shape index (κ2) is 8.20. The molecule has 0 atom stereocenters. The lowest BCUT2D eigenvalue weighted by Crippen LogP contribution is -2.08. The van der Waals surface area contributed by atoms with Crippen molar-refractivity contribution in [3.05, 3.63) is 23.8 Å². The van der Waals surface area contributed by atoms with Crippen molar-refractivity contribution in [3.63, 3.8) is 0 Å². The molecule has 1 aromatic rings. The third-order valence-electron chi connectivity index (χ3n) is 1.07. The molecule has 88 valence electrons. The van der Waals surface area contributed by atoms with Gasteiger partial charge in [-0.1, -0.05) is 27.7 Å². The first-order valence-corrected chi connectivity index (χ1v) is 4.86. The molecule has 2 nitrogen and oxygen atoms in total. The molecule has 0 saturated heterocycles. The predicted molar refractivity (Wildman–Crippen MR) is 54.5 cm³/mol. The van der Waals surface area contributed by atoms with E-state index >= 15 is 0 Å². The largest absolute Gasteiger partial charge is 0.434 e. The quantitative estimate of drug-likeness (QED) is 0.666. The van der Waals surface area contributed by atoms with Gasteiger partial charge >= 0.3 is 6.18 Å². The highest BCUT2D eigenvalue weighted by Crippen LogP contribution is 2.26. The minimum Gasteiger partial charge on any atom is -0.258 e. The van der Waals surface area contributed by atoms with Crippen LogP contribution < -0.4 is 0 Å². The van der Waals surface area contributed by atoms with Crippen molar-refractivity contribution >= 4 is 0 Å². The van der Waals surface area contributed by atoms with Crippen LogP contribution in [0.2, 0.25) is 0 Å². The van der Waals surface area contributed by atoms with Gasteiger partial charge in [-0.05, 0) is 6.92 Å². The lowest BCUT2D eigenvalue weighted by Gasteiger charge is -2.03. The molecular formula is C10H17F3N2. The Labute approximate surface area is 88.6 Å². The van der Waals surface area contributed by atoms with E-state index in [9.17, 15) is 13.2 Å². The number of aryl methyl sites for hydroxylation is 1. The van der Waals surface area contributed by atoms with Gasteiger partial charge in [-0.25, -0.2) is 4.98 Å². The van der Waals surface area contributed by atoms with E-state index in [4.69, 9.17) is 0 Å². The maximum Gasteiger partial charge on any atom is 0.434 e. The first-order valence-electron chi connectivity index (χ1n) is 4.86. The molecule has 0 saturated carbocycles. The maximum absolute atomic E-state index is 11.8. The van der Waals surface area contributed by atoms with Crippen molar-refractivity contribution in [2.24, 2.45) is 0 Å². The van der Waals surface area contributed by atoms with Gasteiger partial charge in [0.05, 0.1) is 11.9 Å². The molecule has 0 fully saturated rings. The van der Waals surface area contributed by atoms with Crippen molar-refractivity contribution in [1.82, 2.24) is 9.97 Å². The molecule has 0 aliphatic heterocycles. The van der Waals surface area contributed by atoms with Gasteiger partial charge in [0, 0.05) is 6.20 Å². The minimum atomic E-state index is -4.39. The molecule has 0 N–H and O–H groups in total. The van der Waals surface area contributed by atoms with Crippen LogP contribution in [0.1, 0.15) is 39.1 Å². The molecule has 0 aliphatic carbocycles. The summed E-state index contributed by atoms with van der Waals surface area (Å²) >= 11 is 0. The van der Waals surface area contributed by atoms with Crippen LogP contribution in [0, 0.1) is 6.92 Å². The summed E-state index contributed by atoms with van der Waals surface area (Å²) in [4.78, 5) is 6.63. The predicted octanol–water partition coefficient (Wildman–Crippen LogP) is 3.86. The molecule has 0 bridgehead atoms. The van der Waals surface area contributed by atoms with Crippen LogP contribution in [0.25, 0.3) is 0 Å². The Morgan fingerprint density at radius 2 is 1.40 bits per heavy atom. The molecule has 0 unspecified atom stereocenters. The summed E-state index contributed by atoms with van der Waals surface area (Å²) < 4.78 is 35.5. The number of aromatic nitrogens is 2. The number of hydrogen-bond acceptors (Lipinski definition) is 2. The molecule has 15 heavy (non-hydrogen) atoms. The highest BCUT2D eigenvalue weighted by atomic mass is 19.4. The molecule has 1 rings (SSSR count). The smallest absolute Gasteiger partial charge is 0.258 e. The molecule has 0 amide bonds. The molecule has 1 heterocycles. The van der Waals surface area contributed by atoms with Crippen LogP contribution in [0.5, 0.6) is 0 Å². The van der Waals surface area contributed by atoms with Gasteiger partial charge in [0.2, 0.25) is 0 Å². The van der Waals surface area contributed by atoms with E-state index in [0.717, 1.165) is 12.4 Å². The van der Waals surface area contributed by atoms with Crippen LogP contribution in [0.15, 0.2) is 12.4 Å². The standard InChI is InChI=1S/C6H5F3N2.2C2H6/c1-4-2-11-5(3-10-4)6(7,8)9;2*1-2/h2-3H,1H3;2*1-2H3. The van der Waals surface area contributed by atoms with Crippen molar-refractivity contribution in [2.45, 2.75) is 40.8 Å². The van der Waals surface area contributed by atoms with Gasteiger partial charge in [0.1, 0.15) is 0 Å². The van der Waals surface area contributed by atoms with Gasteiger partial charge in [0.15, 0.2) is 5.69 Å². The first-order chi connectivity index (χ1) is 7.00. The maximum atomic E-state index is 11.8. The average Bonchev–Trinajstić information content (AvgIpc) is 2.23. The Kier molecular flexibility index (Phi) is 8.91. The second-order valence-corrected chi connectivity index (χ2v) is 2.04. The van der Waals surface area contributed by atoms with Gasteiger partial charge in [-0.2, -0.15) is 13.2 Å². The summed E-state index contributed by atoms with van der Waals surface area (Å²) in [5, 5.41) is 0. The van der Waals surface area contributed by atoms with Gasteiger partial charge in [-0.3, -0.25) is 4.98 Å². The number of halogens is 3. The van der Waals surface area contributed by atoms with Crippen molar-refractivity contribution in [3.8, 4) is 0 Å². The molecule has 5 heteroatoms. The lowest BCUT2D eigenvalue weighted by atomic mass is 10.4. The average molecular weight is 222 g/mol. The fourth-order valence-corrected chi connectivity index (χ4v) is 0.539. The fraction of sp³-hybridized carbons (Fsp3) is 0.600. The van der Waals surface area contributed by atoms with E-state index < -0.39 is 11.9 Å². The molecule has 0 spiro atoms. The van der Waals surface area contributed by atoms with Crippen LogP contribution in [0.4, 0.5) is 13.2 Å². The van der Waals surface area contributed by atoms with E-state index in [1.54, 1.807) is 6.92 Å². The fourth-order valence-electron chi connectivity index (χ4n) is 0.539. The zero-order valence-corrected chi connectivity index (χ0v) is 9.68. The Morgan fingerprint density at radius 1 is 0.933 bits per heavy atom. The normalized spacial score (nSPS) is 9.33.